The molecule has 1 aromatic carbocycles. The van der Waals surface area contributed by atoms with Gasteiger partial charge in [0.2, 0.25) is 0 Å². The van der Waals surface area contributed by atoms with Crippen molar-refractivity contribution in [1.82, 2.24) is 4.90 Å². The van der Waals surface area contributed by atoms with Crippen LogP contribution in [-0.4, -0.2) is 48.6 Å². The van der Waals surface area contributed by atoms with Crippen LogP contribution in [-0.2, 0) is 4.79 Å². The highest BCUT2D eigenvalue weighted by Crippen LogP contribution is 2.34. The molecule has 1 aromatic rings. The molecule has 0 aromatic heterocycles. The standard InChI is InChI=1S/C16H23N3O2/c1-3-19-8-4-5-12(19)10-18(2)11-6-7-13-14(9-11)17-16(21)15(13)20/h6-7,9,12,15,20H,3-5,8,10H2,1-2H3,(H,17,21). The van der Waals surface area contributed by atoms with Crippen LogP contribution in [0.15, 0.2) is 18.2 Å². The number of nitrogens with one attached hydrogen (secondary N) is 1. The molecule has 5 nitrogen and oxygen atoms in total. The second kappa shape index (κ2) is 5.66. The van der Waals surface area contributed by atoms with Crippen LogP contribution < -0.4 is 10.2 Å². The molecule has 5 heteroatoms. The minimum atomic E-state index is -1.02. The first-order valence-electron chi connectivity index (χ1n) is 7.68. The van der Waals surface area contributed by atoms with Crippen molar-refractivity contribution in [3.63, 3.8) is 0 Å². The van der Waals surface area contributed by atoms with Crippen LogP contribution in [0.3, 0.4) is 0 Å². The van der Waals surface area contributed by atoms with Crippen LogP contribution in [0.5, 0.6) is 0 Å². The molecule has 0 saturated carbocycles. The summed E-state index contributed by atoms with van der Waals surface area (Å²) in [5.74, 6) is -0.335. The van der Waals surface area contributed by atoms with Crippen LogP contribution in [0, 0.1) is 0 Å². The molecule has 3 rings (SSSR count). The van der Waals surface area contributed by atoms with Crippen molar-refractivity contribution in [2.24, 2.45) is 0 Å². The van der Waals surface area contributed by atoms with Crippen LogP contribution in [0.4, 0.5) is 11.4 Å². The Morgan fingerprint density at radius 1 is 1.48 bits per heavy atom. The van der Waals surface area contributed by atoms with Crippen LogP contribution in [0.2, 0.25) is 0 Å². The van der Waals surface area contributed by atoms with Crippen molar-refractivity contribution in [2.75, 3.05) is 36.9 Å². The summed E-state index contributed by atoms with van der Waals surface area (Å²) in [7, 11) is 2.08. The number of anilines is 2. The Balaban J connectivity index is 1.73. The summed E-state index contributed by atoms with van der Waals surface area (Å²) in [6, 6.07) is 6.38. The predicted molar refractivity (Wildman–Crippen MR) is 83.6 cm³/mol. The first kappa shape index (κ1) is 14.4. The number of amides is 1. The van der Waals surface area contributed by atoms with E-state index in [9.17, 15) is 9.90 Å². The number of likely N-dealkylation sites (tertiary alicyclic amines) is 1. The summed E-state index contributed by atoms with van der Waals surface area (Å²) >= 11 is 0. The molecule has 2 unspecified atom stereocenters. The summed E-state index contributed by atoms with van der Waals surface area (Å²) in [4.78, 5) is 16.2. The number of benzene rings is 1. The van der Waals surface area contributed by atoms with Gasteiger partial charge < -0.3 is 15.3 Å². The number of aliphatic hydroxyl groups excluding tert-OH is 1. The third kappa shape index (κ3) is 2.63. The van der Waals surface area contributed by atoms with Crippen LogP contribution in [0.1, 0.15) is 31.4 Å². The van der Waals surface area contributed by atoms with Gasteiger partial charge >= 0.3 is 0 Å². The van der Waals surface area contributed by atoms with Gasteiger partial charge in [0.05, 0.1) is 0 Å². The Morgan fingerprint density at radius 3 is 3.05 bits per heavy atom. The van der Waals surface area contributed by atoms with E-state index in [1.54, 1.807) is 0 Å². The summed E-state index contributed by atoms with van der Waals surface area (Å²) in [6.07, 6.45) is 1.50. The maximum atomic E-state index is 11.5. The highest BCUT2D eigenvalue weighted by atomic mass is 16.3. The first-order valence-corrected chi connectivity index (χ1v) is 7.68. The fourth-order valence-electron chi connectivity index (χ4n) is 3.41. The molecule has 1 amide bonds. The van der Waals surface area contributed by atoms with Gasteiger partial charge in [0.1, 0.15) is 0 Å². The van der Waals surface area contributed by atoms with Crippen molar-refractivity contribution < 1.29 is 9.90 Å². The Bertz CT molecular complexity index is 546. The number of carbonyl (C=O) groups is 1. The molecular formula is C16H23N3O2. The molecule has 2 N–H and O–H groups in total. The Hall–Kier alpha value is -1.59. The normalized spacial score (nSPS) is 25.0. The maximum absolute atomic E-state index is 11.5. The van der Waals surface area contributed by atoms with Crippen molar-refractivity contribution in [3.05, 3.63) is 23.8 Å². The van der Waals surface area contributed by atoms with Crippen molar-refractivity contribution in [3.8, 4) is 0 Å². The Kier molecular flexibility index (Phi) is 3.87. The second-order valence-corrected chi connectivity index (χ2v) is 5.97. The number of hydrogen-bond acceptors (Lipinski definition) is 4. The lowest BCUT2D eigenvalue weighted by atomic mass is 10.1. The minimum absolute atomic E-state index is 0.335. The van der Waals surface area contributed by atoms with Gasteiger partial charge in [-0.25, -0.2) is 0 Å². The molecule has 0 aliphatic carbocycles. The minimum Gasteiger partial charge on any atom is -0.378 e. The van der Waals surface area contributed by atoms with Gasteiger partial charge in [-0.05, 0) is 38.1 Å². The average molecular weight is 289 g/mol. The monoisotopic (exact) mass is 289 g/mol. The van der Waals surface area contributed by atoms with Gasteiger partial charge in [0, 0.05) is 36.6 Å². The number of hydrogen-bond donors (Lipinski definition) is 2. The van der Waals surface area contributed by atoms with E-state index in [4.69, 9.17) is 0 Å². The molecule has 2 heterocycles. The van der Waals surface area contributed by atoms with E-state index in [0.717, 1.165) is 24.5 Å². The van der Waals surface area contributed by atoms with Crippen molar-refractivity contribution >= 4 is 17.3 Å². The van der Waals surface area contributed by atoms with E-state index >= 15 is 0 Å². The van der Waals surface area contributed by atoms with Crippen molar-refractivity contribution in [1.29, 1.82) is 0 Å². The fourth-order valence-corrected chi connectivity index (χ4v) is 3.41. The zero-order valence-corrected chi connectivity index (χ0v) is 12.7. The largest absolute Gasteiger partial charge is 0.378 e. The van der Waals surface area contributed by atoms with Gasteiger partial charge in [-0.2, -0.15) is 0 Å². The molecule has 1 saturated heterocycles. The Morgan fingerprint density at radius 2 is 2.29 bits per heavy atom. The molecule has 2 aliphatic rings. The molecule has 21 heavy (non-hydrogen) atoms. The lowest BCUT2D eigenvalue weighted by Gasteiger charge is -2.29. The number of rotatable bonds is 4. The number of nitrogens with zero attached hydrogens (tertiary/aromatic N) is 2. The molecule has 0 spiro atoms. The quantitative estimate of drug-likeness (QED) is 0.884. The SMILES string of the molecule is CCN1CCCC1CN(C)c1ccc2c(c1)NC(=O)C2O. The molecule has 1 fully saturated rings. The number of fused-ring (bicyclic) bond motifs is 1. The summed E-state index contributed by atoms with van der Waals surface area (Å²) in [5.41, 5.74) is 2.48. The zero-order chi connectivity index (χ0) is 15.0. The molecule has 0 radical (unpaired) electrons. The maximum Gasteiger partial charge on any atom is 0.257 e. The van der Waals surface area contributed by atoms with Gasteiger partial charge in [-0.1, -0.05) is 13.0 Å². The number of aliphatic hydroxyl groups is 1. The van der Waals surface area contributed by atoms with E-state index in [0.29, 0.717) is 11.6 Å². The fraction of sp³-hybridized carbons (Fsp3) is 0.562. The Labute approximate surface area is 125 Å². The third-order valence-corrected chi connectivity index (χ3v) is 4.67. The summed E-state index contributed by atoms with van der Waals surface area (Å²) in [5, 5.41) is 12.5. The van der Waals surface area contributed by atoms with Gasteiger partial charge in [0.25, 0.3) is 5.91 Å². The van der Waals surface area contributed by atoms with E-state index < -0.39 is 6.10 Å². The lowest BCUT2D eigenvalue weighted by molar-refractivity contribution is -0.123. The predicted octanol–water partition coefficient (Wildman–Crippen LogP) is 1.59. The van der Waals surface area contributed by atoms with E-state index in [-0.39, 0.29) is 5.91 Å². The van der Waals surface area contributed by atoms with Crippen LogP contribution >= 0.6 is 0 Å². The van der Waals surface area contributed by atoms with E-state index in [1.165, 1.54) is 19.4 Å². The third-order valence-electron chi connectivity index (χ3n) is 4.67. The topological polar surface area (TPSA) is 55.8 Å². The first-order chi connectivity index (χ1) is 10.1. The second-order valence-electron chi connectivity index (χ2n) is 5.97. The van der Waals surface area contributed by atoms with E-state index in [1.807, 2.05) is 18.2 Å². The number of carbonyl (C=O) groups excluding carboxylic acids is 1. The van der Waals surface area contributed by atoms with Gasteiger partial charge in [-0.3, -0.25) is 9.69 Å². The summed E-state index contributed by atoms with van der Waals surface area (Å²) < 4.78 is 0. The summed E-state index contributed by atoms with van der Waals surface area (Å²) in [6.45, 7) is 5.50. The lowest BCUT2D eigenvalue weighted by Crippen LogP contribution is -2.38. The average Bonchev–Trinajstić information content (AvgIpc) is 3.03. The van der Waals surface area contributed by atoms with Gasteiger partial charge in [-0.15, -0.1) is 0 Å². The molecule has 2 aliphatic heterocycles. The zero-order valence-electron chi connectivity index (χ0n) is 12.7. The molecular weight excluding hydrogens is 266 g/mol. The molecule has 0 bridgehead atoms. The number of likely N-dealkylation sites (N-methyl/N-ethyl adjacent to an activating group) is 2. The highest BCUT2D eigenvalue weighted by Gasteiger charge is 2.29. The smallest absolute Gasteiger partial charge is 0.257 e. The molecule has 2 atom stereocenters. The highest BCUT2D eigenvalue weighted by molar-refractivity contribution is 6.02. The van der Waals surface area contributed by atoms with Gasteiger partial charge in [0.15, 0.2) is 6.10 Å². The van der Waals surface area contributed by atoms with E-state index in [2.05, 4.69) is 29.1 Å². The molecule has 114 valence electrons. The van der Waals surface area contributed by atoms with Crippen molar-refractivity contribution in [2.45, 2.75) is 31.9 Å². The van der Waals surface area contributed by atoms with Crippen LogP contribution in [0.25, 0.3) is 0 Å².